The molecule has 0 fully saturated rings. The van der Waals surface area contributed by atoms with Crippen molar-refractivity contribution < 1.29 is 0 Å². The predicted molar refractivity (Wildman–Crippen MR) is 554 cm³/mol. The van der Waals surface area contributed by atoms with Gasteiger partial charge in [-0.2, -0.15) is 9.97 Å². The minimum atomic E-state index is 0.576. The number of hydrogen-bond acceptors (Lipinski definition) is 6. The average molecular weight is 1710 g/mol. The van der Waals surface area contributed by atoms with Crippen molar-refractivity contribution in [3.63, 3.8) is 0 Å². The molecule has 626 valence electrons. The number of para-hydroxylation sites is 6. The maximum Gasteiger partial charge on any atom is 0.238 e. The highest BCUT2D eigenvalue weighted by Crippen LogP contribution is 2.44. The zero-order chi connectivity index (χ0) is 88.3. The number of nitrogens with zero attached hydrogens (tertiary/aromatic N) is 12. The molecular weight excluding hydrogens is 1630 g/mol. The fourth-order valence-electron chi connectivity index (χ4n) is 20.3. The molecule has 12 heteroatoms. The predicted octanol–water partition coefficient (Wildman–Crippen LogP) is 30.7. The summed E-state index contributed by atoms with van der Waals surface area (Å²) >= 11 is 0. The van der Waals surface area contributed by atoms with E-state index in [0.717, 1.165) is 116 Å². The van der Waals surface area contributed by atoms with Gasteiger partial charge < -0.3 is 13.7 Å². The maximum atomic E-state index is 5.12. The third-order valence-corrected chi connectivity index (χ3v) is 26.5. The van der Waals surface area contributed by atoms with Crippen molar-refractivity contribution in [3.05, 3.63) is 474 Å². The molecule has 134 heavy (non-hydrogen) atoms. The van der Waals surface area contributed by atoms with E-state index in [2.05, 4.69) is 397 Å². The van der Waals surface area contributed by atoms with Gasteiger partial charge in [-0.1, -0.05) is 297 Å². The van der Waals surface area contributed by atoms with E-state index in [9.17, 15) is 0 Å². The van der Waals surface area contributed by atoms with E-state index in [1.165, 1.54) is 110 Å². The Labute approximate surface area is 769 Å². The lowest BCUT2D eigenvalue weighted by Gasteiger charge is -2.11. The van der Waals surface area contributed by atoms with Crippen molar-refractivity contribution in [2.24, 2.45) is 0 Å². The van der Waals surface area contributed by atoms with Crippen LogP contribution < -0.4 is 0 Å². The summed E-state index contributed by atoms with van der Waals surface area (Å²) < 4.78 is 13.8. The highest BCUT2D eigenvalue weighted by Gasteiger charge is 2.24. The average Bonchev–Trinajstić information content (AvgIpc) is 1.60. The molecule has 10 aromatic heterocycles. The summed E-state index contributed by atoms with van der Waals surface area (Å²) in [6.07, 6.45) is 5.62. The van der Waals surface area contributed by atoms with Gasteiger partial charge >= 0.3 is 0 Å². The lowest BCUT2D eigenvalue weighted by molar-refractivity contribution is 0.953. The van der Waals surface area contributed by atoms with Crippen LogP contribution in [0.15, 0.2) is 474 Å². The molecule has 0 saturated heterocycles. The second kappa shape index (κ2) is 31.9. The van der Waals surface area contributed by atoms with Gasteiger partial charge in [-0.15, -0.1) is 0 Å². The van der Waals surface area contributed by atoms with Crippen LogP contribution in [0.2, 0.25) is 0 Å². The summed E-state index contributed by atoms with van der Waals surface area (Å²) in [5.74, 6) is 1.83. The van der Waals surface area contributed by atoms with Crippen molar-refractivity contribution in [2.75, 3.05) is 0 Å². The molecule has 12 nitrogen and oxygen atoms in total. The van der Waals surface area contributed by atoms with Crippen LogP contribution in [0.5, 0.6) is 0 Å². The highest BCUT2D eigenvalue weighted by atomic mass is 15.2. The first-order chi connectivity index (χ1) is 66.5. The molecule has 0 amide bonds. The molecule has 28 aromatic rings. The van der Waals surface area contributed by atoms with Crippen molar-refractivity contribution in [2.45, 2.75) is 0 Å². The van der Waals surface area contributed by atoms with Crippen LogP contribution in [0.1, 0.15) is 0 Å². The van der Waals surface area contributed by atoms with Crippen LogP contribution in [0.25, 0.3) is 243 Å². The molecule has 18 aromatic carbocycles. The summed E-state index contributed by atoms with van der Waals surface area (Å²) in [5.41, 5.74) is 28.9. The van der Waals surface area contributed by atoms with Crippen LogP contribution >= 0.6 is 0 Å². The summed E-state index contributed by atoms with van der Waals surface area (Å²) in [6, 6.07) is 162. The Morgan fingerprint density at radius 1 is 0.149 bits per heavy atom. The Kier molecular flexibility index (Phi) is 18.3. The van der Waals surface area contributed by atoms with E-state index < -0.39 is 0 Å². The van der Waals surface area contributed by atoms with E-state index in [1.807, 2.05) is 104 Å². The molecule has 10 heterocycles. The van der Waals surface area contributed by atoms with E-state index in [-0.39, 0.29) is 0 Å². The topological polar surface area (TPSA) is 107 Å². The fourth-order valence-corrected chi connectivity index (χ4v) is 20.3. The quantitative estimate of drug-likeness (QED) is 0.128. The number of pyridine rings is 3. The van der Waals surface area contributed by atoms with Gasteiger partial charge in [0.1, 0.15) is 11.3 Å². The molecular formula is C122H78N12. The van der Waals surface area contributed by atoms with Gasteiger partial charge in [0.25, 0.3) is 0 Å². The van der Waals surface area contributed by atoms with Crippen molar-refractivity contribution in [1.82, 2.24) is 57.3 Å². The van der Waals surface area contributed by atoms with Crippen LogP contribution in [-0.2, 0) is 0 Å². The smallest absolute Gasteiger partial charge is 0.238 e. The SMILES string of the molecule is c1ccc(-c2nc(-c3ccccc3)nc(-n3c4ccccc4c4ccc(-c5ccc6c7cccnc7n(-c7ccccc7)c6c5)cc43)n2)cc1.c1ccc(-n2c3cc(-c4ccc5c6ccccc6n(-c6ccc7ccccc7c6)c5c4)ccc3c3cccnc32)cc1.c1ccc(-n2c3cc(-c4ccc5c6ccccc6n(-c6ccc7ccccc7c6)c5c4)ccc3c3ncccc32)cc1. The number of aromatic nitrogens is 12. The Bertz CT molecular complexity index is 9110. The monoisotopic (exact) mass is 1710 g/mol. The number of rotatable bonds is 11. The van der Waals surface area contributed by atoms with E-state index in [0.29, 0.717) is 17.6 Å². The first-order valence-electron chi connectivity index (χ1n) is 45.3. The van der Waals surface area contributed by atoms with Crippen molar-refractivity contribution >= 4 is 153 Å². The molecule has 0 radical (unpaired) electrons. The van der Waals surface area contributed by atoms with Crippen LogP contribution in [0.3, 0.4) is 0 Å². The molecule has 0 unspecified atom stereocenters. The zero-order valence-electron chi connectivity index (χ0n) is 72.4. The van der Waals surface area contributed by atoms with Crippen LogP contribution in [0, 0.1) is 0 Å². The van der Waals surface area contributed by atoms with Crippen molar-refractivity contribution in [3.8, 4) is 90.5 Å². The molecule has 0 aliphatic carbocycles. The lowest BCUT2D eigenvalue weighted by atomic mass is 10.0. The Balaban J connectivity index is 0.000000105. The van der Waals surface area contributed by atoms with Gasteiger partial charge in [-0.3, -0.25) is 18.7 Å². The second-order valence-electron chi connectivity index (χ2n) is 34.2. The molecule has 0 spiro atoms. The molecule has 0 atom stereocenters. The first-order valence-corrected chi connectivity index (χ1v) is 45.3. The van der Waals surface area contributed by atoms with Crippen LogP contribution in [-0.4, -0.2) is 57.3 Å². The largest absolute Gasteiger partial charge is 0.309 e. The van der Waals surface area contributed by atoms with E-state index in [4.69, 9.17) is 29.9 Å². The number of fused-ring (bicyclic) bond motifs is 20. The third kappa shape index (κ3) is 13.0. The molecule has 0 aliphatic heterocycles. The molecule has 0 saturated carbocycles. The number of benzene rings is 18. The summed E-state index contributed by atoms with van der Waals surface area (Å²) in [4.78, 5) is 29.5. The third-order valence-electron chi connectivity index (χ3n) is 26.5. The van der Waals surface area contributed by atoms with Gasteiger partial charge in [0.05, 0.1) is 60.7 Å². The molecule has 0 bridgehead atoms. The second-order valence-corrected chi connectivity index (χ2v) is 34.2. The van der Waals surface area contributed by atoms with Gasteiger partial charge in [0, 0.05) is 117 Å². The minimum absolute atomic E-state index is 0.576. The van der Waals surface area contributed by atoms with E-state index in [1.54, 1.807) is 0 Å². The minimum Gasteiger partial charge on any atom is -0.309 e. The Hall–Kier alpha value is -18.3. The Morgan fingerprint density at radius 2 is 0.433 bits per heavy atom. The Morgan fingerprint density at radius 3 is 0.851 bits per heavy atom. The fraction of sp³-hybridized carbons (Fsp3) is 0. The van der Waals surface area contributed by atoms with Crippen LogP contribution in [0.4, 0.5) is 0 Å². The molecule has 0 N–H and O–H groups in total. The standard InChI is InChI=1S/C44H28N6.2C39H25N3/c1-4-13-29(14-5-1)41-46-42(30-15-6-2-7-16-30)48-44(47-41)50-38-21-11-10-19-34(38)35-24-22-32(28-40(35)50)31-23-25-36-37-20-12-26-45-43(37)49(39(36)27-31)33-17-8-3-9-18-33;1-2-11-30(12-3-1)42-38-25-29(18-21-34(38)35-14-8-22-40-39(35)42)28-17-20-33-32-13-6-7-15-36(32)41(37(33)24-28)31-19-16-26-9-4-5-10-27(26)23-31;1-2-11-30(12-3-1)41-36-15-8-22-40-39(36)34-21-18-29(25-38(34)41)28-17-20-33-32-13-6-7-14-35(32)42(37(33)24-28)31-19-16-26-9-4-5-10-27(26)23-31/h1-28H;2*1-25H. The zero-order valence-corrected chi connectivity index (χ0v) is 72.4. The van der Waals surface area contributed by atoms with Gasteiger partial charge in [0.15, 0.2) is 11.6 Å². The van der Waals surface area contributed by atoms with Gasteiger partial charge in [-0.25, -0.2) is 15.0 Å². The number of hydrogen-bond donors (Lipinski definition) is 0. The van der Waals surface area contributed by atoms with Crippen molar-refractivity contribution in [1.29, 1.82) is 0 Å². The molecule has 0 aliphatic rings. The highest BCUT2D eigenvalue weighted by molar-refractivity contribution is 6.16. The summed E-state index contributed by atoms with van der Waals surface area (Å²) in [5, 5.41) is 18.1. The summed E-state index contributed by atoms with van der Waals surface area (Å²) in [7, 11) is 0. The molecule has 28 rings (SSSR count). The van der Waals surface area contributed by atoms with E-state index >= 15 is 0 Å². The normalized spacial score (nSPS) is 11.7. The summed E-state index contributed by atoms with van der Waals surface area (Å²) in [6.45, 7) is 0. The van der Waals surface area contributed by atoms with Gasteiger partial charge in [-0.05, 0) is 213 Å². The first kappa shape index (κ1) is 76.9. The van der Waals surface area contributed by atoms with Gasteiger partial charge in [0.2, 0.25) is 5.95 Å². The maximum absolute atomic E-state index is 5.12. The lowest BCUT2D eigenvalue weighted by Crippen LogP contribution is -2.06.